The van der Waals surface area contributed by atoms with Gasteiger partial charge in [-0.3, -0.25) is 19.4 Å². The van der Waals surface area contributed by atoms with Crippen LogP contribution in [-0.2, 0) is 16.1 Å². The van der Waals surface area contributed by atoms with E-state index in [1.54, 1.807) is 0 Å². The molecule has 5 fully saturated rings. The Morgan fingerprint density at radius 1 is 0.818 bits per heavy atom. The number of hydrogen-bond donors (Lipinski definition) is 2. The van der Waals surface area contributed by atoms with Gasteiger partial charge in [0, 0.05) is 64.2 Å². The fourth-order valence-corrected chi connectivity index (χ4v) is 7.32. The molecule has 4 saturated carbocycles. The second-order valence-corrected chi connectivity index (χ2v) is 11.2. The molecule has 180 valence electrons. The lowest BCUT2D eigenvalue weighted by atomic mass is 9.49. The van der Waals surface area contributed by atoms with Gasteiger partial charge in [0.1, 0.15) is 0 Å². The first-order valence-electron chi connectivity index (χ1n) is 13.1. The Kier molecular flexibility index (Phi) is 7.02. The van der Waals surface area contributed by atoms with E-state index in [1.807, 2.05) is 0 Å². The number of piperazine rings is 1. The third-order valence-electron chi connectivity index (χ3n) is 8.62. The second kappa shape index (κ2) is 10.1. The third kappa shape index (κ3) is 5.60. The normalized spacial score (nSPS) is 31.5. The molecule has 2 amide bonds. The first-order chi connectivity index (χ1) is 16.1. The van der Waals surface area contributed by atoms with E-state index < -0.39 is 0 Å². The van der Waals surface area contributed by atoms with Gasteiger partial charge in [-0.2, -0.15) is 0 Å². The first kappa shape index (κ1) is 22.9. The average molecular weight is 453 g/mol. The molecule has 4 bridgehead atoms. The Morgan fingerprint density at radius 2 is 1.42 bits per heavy atom. The van der Waals surface area contributed by atoms with Gasteiger partial charge < -0.3 is 10.6 Å². The van der Waals surface area contributed by atoms with Crippen molar-refractivity contribution >= 4 is 11.8 Å². The summed E-state index contributed by atoms with van der Waals surface area (Å²) >= 11 is 0. The van der Waals surface area contributed by atoms with Gasteiger partial charge in [0.05, 0.1) is 0 Å². The van der Waals surface area contributed by atoms with Gasteiger partial charge in [0.2, 0.25) is 11.8 Å². The molecule has 0 unspecified atom stereocenters. The quantitative estimate of drug-likeness (QED) is 0.605. The standard InChI is InChI=1S/C27H40N4O2/c32-25(6-7-29-26(33)27-17-22-14-23(18-27)16-24(15-22)19-27)28-8-9-30-10-12-31(13-11-30)20-21-4-2-1-3-5-21/h1-5,22-24H,6-20H2,(H,28,32)(H,29,33). The van der Waals surface area contributed by atoms with Gasteiger partial charge in [0.25, 0.3) is 0 Å². The molecule has 2 N–H and O–H groups in total. The van der Waals surface area contributed by atoms with Crippen LogP contribution in [0.15, 0.2) is 30.3 Å². The highest BCUT2D eigenvalue weighted by atomic mass is 16.2. The molecule has 1 aromatic rings. The van der Waals surface area contributed by atoms with Crippen molar-refractivity contribution in [2.45, 2.75) is 51.5 Å². The third-order valence-corrected chi connectivity index (χ3v) is 8.62. The van der Waals surface area contributed by atoms with Crippen LogP contribution in [0.3, 0.4) is 0 Å². The van der Waals surface area contributed by atoms with E-state index in [-0.39, 0.29) is 17.2 Å². The van der Waals surface area contributed by atoms with Crippen LogP contribution >= 0.6 is 0 Å². The van der Waals surface area contributed by atoms with Crippen LogP contribution in [0.2, 0.25) is 0 Å². The highest BCUT2D eigenvalue weighted by Crippen LogP contribution is 2.60. The molecule has 6 rings (SSSR count). The zero-order chi connectivity index (χ0) is 22.7. The van der Waals surface area contributed by atoms with Crippen molar-refractivity contribution in [3.05, 3.63) is 35.9 Å². The van der Waals surface area contributed by atoms with E-state index in [0.29, 0.717) is 19.5 Å². The molecule has 0 atom stereocenters. The lowest BCUT2D eigenvalue weighted by Gasteiger charge is -2.55. The summed E-state index contributed by atoms with van der Waals surface area (Å²) in [6, 6.07) is 10.6. The van der Waals surface area contributed by atoms with E-state index in [1.165, 1.54) is 24.8 Å². The van der Waals surface area contributed by atoms with Gasteiger partial charge in [-0.25, -0.2) is 0 Å². The van der Waals surface area contributed by atoms with Crippen LogP contribution < -0.4 is 10.6 Å². The molecule has 6 heteroatoms. The van der Waals surface area contributed by atoms with Gasteiger partial charge in [-0.15, -0.1) is 0 Å². The monoisotopic (exact) mass is 452 g/mol. The second-order valence-electron chi connectivity index (χ2n) is 11.2. The Balaban J connectivity index is 0.945. The van der Waals surface area contributed by atoms with E-state index in [2.05, 4.69) is 50.8 Å². The molecule has 0 radical (unpaired) electrons. The van der Waals surface area contributed by atoms with E-state index >= 15 is 0 Å². The smallest absolute Gasteiger partial charge is 0.226 e. The molecule has 33 heavy (non-hydrogen) atoms. The molecule has 5 aliphatic rings. The van der Waals surface area contributed by atoms with Crippen molar-refractivity contribution in [2.24, 2.45) is 23.2 Å². The van der Waals surface area contributed by atoms with Gasteiger partial charge in [-0.05, 0) is 61.8 Å². The minimum atomic E-state index is -0.117. The summed E-state index contributed by atoms with van der Waals surface area (Å²) in [5.74, 6) is 2.58. The molecule has 6 nitrogen and oxygen atoms in total. The maximum atomic E-state index is 13.0. The number of benzene rings is 1. The summed E-state index contributed by atoms with van der Waals surface area (Å²) in [4.78, 5) is 30.2. The summed E-state index contributed by atoms with van der Waals surface area (Å²) < 4.78 is 0. The van der Waals surface area contributed by atoms with Crippen LogP contribution in [0.25, 0.3) is 0 Å². The number of nitrogens with one attached hydrogen (secondary N) is 2. The molecule has 1 aromatic carbocycles. The van der Waals surface area contributed by atoms with Crippen LogP contribution in [0.1, 0.15) is 50.5 Å². The van der Waals surface area contributed by atoms with Crippen LogP contribution in [0.5, 0.6) is 0 Å². The molecule has 1 aliphatic heterocycles. The average Bonchev–Trinajstić information content (AvgIpc) is 2.80. The van der Waals surface area contributed by atoms with Crippen molar-refractivity contribution in [1.29, 1.82) is 0 Å². The maximum Gasteiger partial charge on any atom is 0.226 e. The number of carbonyl (C=O) groups excluding carboxylic acids is 2. The van der Waals surface area contributed by atoms with E-state index in [0.717, 1.165) is 76.3 Å². The van der Waals surface area contributed by atoms with Crippen molar-refractivity contribution in [2.75, 3.05) is 45.8 Å². The number of hydrogen-bond acceptors (Lipinski definition) is 4. The topological polar surface area (TPSA) is 64.7 Å². The Labute approximate surface area is 198 Å². The molecule has 1 heterocycles. The van der Waals surface area contributed by atoms with Crippen LogP contribution in [0, 0.1) is 23.2 Å². The first-order valence-corrected chi connectivity index (χ1v) is 13.1. The van der Waals surface area contributed by atoms with Crippen LogP contribution in [-0.4, -0.2) is 67.4 Å². The summed E-state index contributed by atoms with van der Waals surface area (Å²) in [5.41, 5.74) is 1.25. The molecule has 4 aliphatic carbocycles. The lowest BCUT2D eigenvalue weighted by Crippen LogP contribution is -2.53. The fraction of sp³-hybridized carbons (Fsp3) is 0.704. The largest absolute Gasteiger partial charge is 0.355 e. The number of rotatable bonds is 9. The molecule has 1 saturated heterocycles. The summed E-state index contributed by atoms with van der Waals surface area (Å²) in [6.07, 6.45) is 7.65. The van der Waals surface area contributed by atoms with Gasteiger partial charge in [-0.1, -0.05) is 30.3 Å². The summed E-state index contributed by atoms with van der Waals surface area (Å²) in [6.45, 7) is 7.28. The highest BCUT2D eigenvalue weighted by molar-refractivity contribution is 5.84. The minimum absolute atomic E-state index is 0.0449. The van der Waals surface area contributed by atoms with Gasteiger partial charge in [0.15, 0.2) is 0 Å². The summed E-state index contributed by atoms with van der Waals surface area (Å²) in [7, 11) is 0. The van der Waals surface area contributed by atoms with Crippen molar-refractivity contribution < 1.29 is 9.59 Å². The molecular weight excluding hydrogens is 412 g/mol. The van der Waals surface area contributed by atoms with E-state index in [4.69, 9.17) is 0 Å². The predicted octanol–water partition coefficient (Wildman–Crippen LogP) is 2.64. The lowest BCUT2D eigenvalue weighted by molar-refractivity contribution is -0.146. The molecular formula is C27H40N4O2. The predicted molar refractivity (Wildman–Crippen MR) is 129 cm³/mol. The Bertz CT molecular complexity index is 783. The zero-order valence-corrected chi connectivity index (χ0v) is 19.9. The SMILES string of the molecule is O=C(CCNC(=O)C12CC3CC(CC(C3)C1)C2)NCCN1CCN(Cc2ccccc2)CC1. The molecule has 0 spiro atoms. The van der Waals surface area contributed by atoms with Crippen molar-refractivity contribution in [3.63, 3.8) is 0 Å². The van der Waals surface area contributed by atoms with Crippen molar-refractivity contribution in [1.82, 2.24) is 20.4 Å². The van der Waals surface area contributed by atoms with Crippen molar-refractivity contribution in [3.8, 4) is 0 Å². The zero-order valence-electron chi connectivity index (χ0n) is 19.9. The number of carbonyl (C=O) groups is 2. The fourth-order valence-electron chi connectivity index (χ4n) is 7.32. The minimum Gasteiger partial charge on any atom is -0.355 e. The summed E-state index contributed by atoms with van der Waals surface area (Å²) in [5, 5.41) is 6.16. The van der Waals surface area contributed by atoms with E-state index in [9.17, 15) is 9.59 Å². The molecule has 0 aromatic heterocycles. The number of amides is 2. The van der Waals surface area contributed by atoms with Crippen LogP contribution in [0.4, 0.5) is 0 Å². The highest BCUT2D eigenvalue weighted by Gasteiger charge is 2.54. The maximum absolute atomic E-state index is 13.0. The number of nitrogens with zero attached hydrogens (tertiary/aromatic N) is 2. The van der Waals surface area contributed by atoms with Gasteiger partial charge >= 0.3 is 0 Å². The Morgan fingerprint density at radius 3 is 2.06 bits per heavy atom. The Hall–Kier alpha value is -1.92.